The summed E-state index contributed by atoms with van der Waals surface area (Å²) in [5.41, 5.74) is -13.8. The summed E-state index contributed by atoms with van der Waals surface area (Å²) in [4.78, 5) is 0. The van der Waals surface area contributed by atoms with E-state index < -0.39 is 47.1 Å². The molecule has 2 nitrogen and oxygen atoms in total. The number of rotatable bonds is 5. The molecule has 0 radical (unpaired) electrons. The quantitative estimate of drug-likeness (QED) is 0.450. The average Bonchev–Trinajstić information content (AvgIpc) is 2.24. The lowest BCUT2D eigenvalue weighted by Crippen LogP contribution is -2.48. The summed E-state index contributed by atoms with van der Waals surface area (Å²) in [5, 5.41) is 0. The van der Waals surface area contributed by atoms with Gasteiger partial charge in [-0.3, -0.25) is 8.54 Å². The van der Waals surface area contributed by atoms with Gasteiger partial charge in [-0.2, -0.15) is 43.9 Å². The molecule has 0 rings (SSSR count). The van der Waals surface area contributed by atoms with E-state index in [1.807, 2.05) is 0 Å². The van der Waals surface area contributed by atoms with E-state index in [2.05, 4.69) is 3.97 Å². The second-order valence-corrected chi connectivity index (χ2v) is 10.7. The minimum atomic E-state index is -7.89. The Kier molecular flexibility index (Phi) is 5.69. The van der Waals surface area contributed by atoms with Crippen molar-refractivity contribution >= 4 is 17.7 Å². The molecule has 0 spiro atoms. The minimum Gasteiger partial charge on any atom is -0.278 e. The minimum absolute atomic E-state index is 0.473. The van der Waals surface area contributed by atoms with E-state index in [0.29, 0.717) is 0 Å². The summed E-state index contributed by atoms with van der Waals surface area (Å²) in [6.45, 7) is 1.08. The topological polar surface area (TPSA) is 26.3 Å². The third kappa shape index (κ3) is 3.50. The van der Waals surface area contributed by atoms with Crippen LogP contribution in [0.3, 0.4) is 0 Å². The molecule has 0 amide bonds. The van der Waals surface area contributed by atoms with E-state index in [9.17, 15) is 48.5 Å². The lowest BCUT2D eigenvalue weighted by Gasteiger charge is -2.40. The van der Waals surface area contributed by atoms with Crippen LogP contribution in [0.2, 0.25) is 0 Å². The van der Waals surface area contributed by atoms with Crippen molar-refractivity contribution in [1.82, 2.24) is 0 Å². The Labute approximate surface area is 120 Å². The van der Waals surface area contributed by atoms with Crippen LogP contribution >= 0.6 is 17.7 Å². The smallest absolute Gasteiger partial charge is 0.278 e. The Morgan fingerprint density at radius 3 is 1.27 bits per heavy atom. The Morgan fingerprint density at radius 1 is 0.818 bits per heavy atom. The SMILES string of the molecule is CCS(C)(C)OP(=O)(C(F)(F)C(F)(F)F)C(F)(F)C(F)(F)F. The van der Waals surface area contributed by atoms with Crippen molar-refractivity contribution in [1.29, 1.82) is 0 Å². The summed E-state index contributed by atoms with van der Waals surface area (Å²) < 4.78 is 141. The van der Waals surface area contributed by atoms with Crippen molar-refractivity contribution in [2.24, 2.45) is 0 Å². The molecule has 0 aliphatic rings. The molecule has 22 heavy (non-hydrogen) atoms. The van der Waals surface area contributed by atoms with Gasteiger partial charge in [0.15, 0.2) is 0 Å². The molecule has 136 valence electrons. The summed E-state index contributed by atoms with van der Waals surface area (Å²) in [6.07, 6.45) is -12.4. The van der Waals surface area contributed by atoms with Crippen LogP contribution in [-0.4, -0.2) is 41.9 Å². The molecule has 0 heterocycles. The van der Waals surface area contributed by atoms with E-state index in [4.69, 9.17) is 0 Å². The monoisotopic (exact) mass is 392 g/mol. The van der Waals surface area contributed by atoms with Gasteiger partial charge in [0, 0.05) is 0 Å². The highest BCUT2D eigenvalue weighted by Crippen LogP contribution is 2.81. The van der Waals surface area contributed by atoms with Crippen LogP contribution in [0.25, 0.3) is 0 Å². The molecule has 0 saturated heterocycles. The average molecular weight is 392 g/mol. The van der Waals surface area contributed by atoms with E-state index in [-0.39, 0.29) is 0 Å². The predicted octanol–water partition coefficient (Wildman–Crippen LogP) is 5.59. The number of halogens is 10. The highest BCUT2D eigenvalue weighted by molar-refractivity contribution is 8.30. The standard InChI is InChI=1S/C8H11F10O2PS/c1-4-22(2,3)20-21(19,7(15,16)5(9,10)11)8(17,18)6(12,13)14/h4H2,1-3H3. The predicted molar refractivity (Wildman–Crippen MR) is 60.7 cm³/mol. The van der Waals surface area contributed by atoms with Gasteiger partial charge in [-0.1, -0.05) is 6.92 Å². The van der Waals surface area contributed by atoms with Crippen molar-refractivity contribution in [3.05, 3.63) is 0 Å². The molecule has 0 aromatic rings. The van der Waals surface area contributed by atoms with Crippen LogP contribution in [0.5, 0.6) is 0 Å². The van der Waals surface area contributed by atoms with E-state index >= 15 is 0 Å². The lowest BCUT2D eigenvalue weighted by atomic mass is 10.7. The molecule has 0 fully saturated rings. The highest BCUT2D eigenvalue weighted by atomic mass is 32.3. The van der Waals surface area contributed by atoms with Gasteiger partial charge in [0.25, 0.3) is 0 Å². The molecule has 0 aromatic heterocycles. The van der Waals surface area contributed by atoms with Crippen molar-refractivity contribution < 1.29 is 52.4 Å². The van der Waals surface area contributed by atoms with Crippen LogP contribution in [0, 0.1) is 0 Å². The Hall–Kier alpha value is -0.160. The van der Waals surface area contributed by atoms with Gasteiger partial charge in [0.2, 0.25) is 0 Å². The Morgan fingerprint density at radius 2 is 1.09 bits per heavy atom. The van der Waals surface area contributed by atoms with Gasteiger partial charge in [0.05, 0.1) is 0 Å². The summed E-state index contributed by atoms with van der Waals surface area (Å²) in [6, 6.07) is 0. The van der Waals surface area contributed by atoms with Gasteiger partial charge in [0.1, 0.15) is 0 Å². The van der Waals surface area contributed by atoms with E-state index in [1.54, 1.807) is 0 Å². The zero-order chi connectivity index (χ0) is 18.4. The second kappa shape index (κ2) is 5.73. The first-order valence-corrected chi connectivity index (χ1v) is 9.35. The highest BCUT2D eigenvalue weighted by Gasteiger charge is 2.85. The molecule has 0 bridgehead atoms. The molecule has 0 aliphatic heterocycles. The fourth-order valence-corrected chi connectivity index (χ4v) is 5.40. The molecule has 0 aromatic carbocycles. The third-order valence-electron chi connectivity index (χ3n) is 2.42. The maximum Gasteiger partial charge on any atom is 0.463 e. The second-order valence-electron chi connectivity index (χ2n) is 4.43. The van der Waals surface area contributed by atoms with Crippen molar-refractivity contribution in [3.63, 3.8) is 0 Å². The van der Waals surface area contributed by atoms with Crippen molar-refractivity contribution in [2.45, 2.75) is 30.6 Å². The number of hydrogen-bond donors (Lipinski definition) is 0. The maximum absolute atomic E-state index is 13.2. The van der Waals surface area contributed by atoms with Gasteiger partial charge < -0.3 is 0 Å². The summed E-state index contributed by atoms with van der Waals surface area (Å²) >= 11 is 0. The first kappa shape index (κ1) is 21.8. The van der Waals surface area contributed by atoms with Crippen LogP contribution in [0.15, 0.2) is 0 Å². The molecule has 0 saturated carbocycles. The first-order valence-electron chi connectivity index (χ1n) is 5.18. The molecule has 14 heteroatoms. The molecule has 0 aliphatic carbocycles. The Bertz CT molecular complexity index is 425. The van der Waals surface area contributed by atoms with Gasteiger partial charge in [-0.15, -0.1) is 10.3 Å². The van der Waals surface area contributed by atoms with Crippen LogP contribution in [0.4, 0.5) is 43.9 Å². The molecular weight excluding hydrogens is 381 g/mol. The van der Waals surface area contributed by atoms with E-state index in [1.165, 1.54) is 0 Å². The molecule has 0 N–H and O–H groups in total. The molecular formula is C8H11F10O2PS. The van der Waals surface area contributed by atoms with Gasteiger partial charge >= 0.3 is 31.0 Å². The number of alkyl halides is 10. The number of hydrogen-bond acceptors (Lipinski definition) is 2. The first-order chi connectivity index (χ1) is 9.27. The molecule has 0 unspecified atom stereocenters. The van der Waals surface area contributed by atoms with Gasteiger partial charge in [-0.05, 0) is 18.3 Å². The zero-order valence-corrected chi connectivity index (χ0v) is 12.9. The molecule has 0 atom stereocenters. The normalized spacial score (nSPS) is 16.8. The van der Waals surface area contributed by atoms with Crippen LogP contribution in [0.1, 0.15) is 6.92 Å². The zero-order valence-electron chi connectivity index (χ0n) is 11.2. The van der Waals surface area contributed by atoms with Crippen molar-refractivity contribution in [3.8, 4) is 0 Å². The van der Waals surface area contributed by atoms with Crippen LogP contribution < -0.4 is 0 Å². The van der Waals surface area contributed by atoms with Crippen LogP contribution in [-0.2, 0) is 8.54 Å². The van der Waals surface area contributed by atoms with Crippen molar-refractivity contribution in [2.75, 3.05) is 18.3 Å². The largest absolute Gasteiger partial charge is 0.463 e. The maximum atomic E-state index is 13.2. The summed E-state index contributed by atoms with van der Waals surface area (Å²) in [7, 11) is -11.2. The fourth-order valence-electron chi connectivity index (χ4n) is 0.941. The van der Waals surface area contributed by atoms with Gasteiger partial charge in [-0.25, -0.2) is 0 Å². The Balaban J connectivity index is 6.44. The third-order valence-corrected chi connectivity index (χ3v) is 8.25. The summed E-state index contributed by atoms with van der Waals surface area (Å²) in [5.74, 6) is -0.473. The van der Waals surface area contributed by atoms with E-state index in [0.717, 1.165) is 19.4 Å². The lowest BCUT2D eigenvalue weighted by molar-refractivity contribution is -0.270. The fraction of sp³-hybridized carbons (Fsp3) is 1.00.